The zero-order chi connectivity index (χ0) is 23.3. The lowest BCUT2D eigenvalue weighted by Gasteiger charge is -2.26. The number of hydrogen-bond acceptors (Lipinski definition) is 5. The minimum atomic E-state index is -0.470. The van der Waals surface area contributed by atoms with Crippen molar-refractivity contribution < 1.29 is 24.2 Å². The summed E-state index contributed by atoms with van der Waals surface area (Å²) in [6.45, 7) is 3.05. The van der Waals surface area contributed by atoms with Gasteiger partial charge in [0.2, 0.25) is 0 Å². The molecular formula is C27H40O5. The second-order valence-corrected chi connectivity index (χ2v) is 9.04. The molecule has 0 bridgehead atoms. The van der Waals surface area contributed by atoms with Crippen LogP contribution in [0.1, 0.15) is 70.8 Å². The number of aliphatic hydroxyl groups is 1. The molecule has 1 N–H and O–H groups in total. The van der Waals surface area contributed by atoms with Crippen LogP contribution in [0.3, 0.4) is 0 Å². The maximum atomic E-state index is 11.6. The minimum Gasteiger partial charge on any atom is -0.462 e. The number of aliphatic hydroxyl groups excluding tert-OH is 1. The number of carbonyl (C=O) groups excluding carboxylic acids is 2. The van der Waals surface area contributed by atoms with Gasteiger partial charge in [0.15, 0.2) is 0 Å². The number of hydrogen-bond donors (Lipinski definition) is 1. The zero-order valence-corrected chi connectivity index (χ0v) is 19.9. The quantitative estimate of drug-likeness (QED) is 0.247. The number of allylic oxidation sites excluding steroid dienone is 2. The van der Waals surface area contributed by atoms with E-state index in [0.29, 0.717) is 12.8 Å². The van der Waals surface area contributed by atoms with E-state index in [-0.39, 0.29) is 35.8 Å². The summed E-state index contributed by atoms with van der Waals surface area (Å²) in [7, 11) is 1.75. The van der Waals surface area contributed by atoms with Gasteiger partial charge in [0.1, 0.15) is 11.9 Å². The van der Waals surface area contributed by atoms with E-state index in [9.17, 15) is 14.7 Å². The highest BCUT2D eigenvalue weighted by molar-refractivity contribution is 5.75. The molecule has 0 saturated heterocycles. The summed E-state index contributed by atoms with van der Waals surface area (Å²) in [5.41, 5.74) is 1.30. The first-order valence-corrected chi connectivity index (χ1v) is 12.0. The van der Waals surface area contributed by atoms with E-state index in [2.05, 4.69) is 36.4 Å². The molecule has 0 heterocycles. The Labute approximate surface area is 193 Å². The van der Waals surface area contributed by atoms with Crippen molar-refractivity contribution in [3.8, 4) is 0 Å². The van der Waals surface area contributed by atoms with Gasteiger partial charge in [-0.15, -0.1) is 0 Å². The molecule has 5 heteroatoms. The summed E-state index contributed by atoms with van der Waals surface area (Å²) in [6, 6.07) is 10.4. The van der Waals surface area contributed by atoms with Crippen molar-refractivity contribution in [2.24, 2.45) is 11.8 Å². The van der Waals surface area contributed by atoms with Crippen LogP contribution in [0.2, 0.25) is 0 Å². The lowest BCUT2D eigenvalue weighted by Crippen LogP contribution is -2.26. The lowest BCUT2D eigenvalue weighted by molar-refractivity contribution is -0.148. The number of ketones is 1. The van der Waals surface area contributed by atoms with Crippen LogP contribution >= 0.6 is 0 Å². The smallest absolute Gasteiger partial charge is 0.302 e. The van der Waals surface area contributed by atoms with Crippen molar-refractivity contribution in [3.63, 3.8) is 0 Å². The third kappa shape index (κ3) is 9.25. The van der Waals surface area contributed by atoms with E-state index < -0.39 is 6.10 Å². The third-order valence-electron chi connectivity index (χ3n) is 6.54. The first-order valence-electron chi connectivity index (χ1n) is 12.0. The van der Waals surface area contributed by atoms with Crippen LogP contribution in [-0.2, 0) is 25.5 Å². The highest BCUT2D eigenvalue weighted by Gasteiger charge is 2.43. The third-order valence-corrected chi connectivity index (χ3v) is 6.54. The van der Waals surface area contributed by atoms with Crippen LogP contribution in [0, 0.1) is 11.8 Å². The molecule has 5 nitrogen and oxygen atoms in total. The highest BCUT2D eigenvalue weighted by Crippen LogP contribution is 2.40. The van der Waals surface area contributed by atoms with Crippen molar-refractivity contribution in [3.05, 3.63) is 48.0 Å². The Morgan fingerprint density at radius 1 is 1.12 bits per heavy atom. The van der Waals surface area contributed by atoms with Gasteiger partial charge in [-0.05, 0) is 63.4 Å². The van der Waals surface area contributed by atoms with Gasteiger partial charge < -0.3 is 19.4 Å². The van der Waals surface area contributed by atoms with Crippen molar-refractivity contribution in [1.82, 2.24) is 0 Å². The first kappa shape index (κ1) is 26.3. The molecule has 1 fully saturated rings. The Morgan fingerprint density at radius 2 is 1.88 bits per heavy atom. The number of methoxy groups -OCH3 is 1. The summed E-state index contributed by atoms with van der Waals surface area (Å²) >= 11 is 0. The van der Waals surface area contributed by atoms with Gasteiger partial charge in [-0.3, -0.25) is 4.79 Å². The maximum absolute atomic E-state index is 11.6. The first-order chi connectivity index (χ1) is 15.4. The molecule has 32 heavy (non-hydrogen) atoms. The van der Waals surface area contributed by atoms with Gasteiger partial charge in [-0.1, -0.05) is 42.5 Å². The Bertz CT molecular complexity index is 714. The average molecular weight is 445 g/mol. The van der Waals surface area contributed by atoms with Crippen LogP contribution in [0.5, 0.6) is 0 Å². The van der Waals surface area contributed by atoms with Crippen molar-refractivity contribution >= 4 is 11.8 Å². The maximum Gasteiger partial charge on any atom is 0.302 e. The molecule has 0 radical (unpaired) electrons. The van der Waals surface area contributed by atoms with E-state index in [0.717, 1.165) is 44.9 Å². The Hall–Kier alpha value is -1.98. The molecule has 0 aromatic heterocycles. The van der Waals surface area contributed by atoms with Crippen LogP contribution in [-0.4, -0.2) is 42.3 Å². The zero-order valence-electron chi connectivity index (χ0n) is 19.9. The Morgan fingerprint density at radius 3 is 2.53 bits per heavy atom. The number of Topliss-reactive ketones (excluding diaryl/α,β-unsaturated/α-hetero) is 1. The largest absolute Gasteiger partial charge is 0.462 e. The molecule has 1 aromatic carbocycles. The summed E-state index contributed by atoms with van der Waals surface area (Å²) in [5, 5.41) is 10.7. The molecule has 0 aliphatic heterocycles. The second kappa shape index (κ2) is 14.2. The topological polar surface area (TPSA) is 72.8 Å². The van der Waals surface area contributed by atoms with Crippen molar-refractivity contribution in [1.29, 1.82) is 0 Å². The van der Waals surface area contributed by atoms with Crippen LogP contribution < -0.4 is 0 Å². The van der Waals surface area contributed by atoms with E-state index in [1.54, 1.807) is 14.0 Å². The van der Waals surface area contributed by atoms with Crippen LogP contribution in [0.25, 0.3) is 0 Å². The van der Waals surface area contributed by atoms with E-state index in [4.69, 9.17) is 9.47 Å². The molecule has 2 rings (SSSR count). The predicted molar refractivity (Wildman–Crippen MR) is 126 cm³/mol. The molecule has 5 atom stereocenters. The van der Waals surface area contributed by atoms with Gasteiger partial charge >= 0.3 is 5.97 Å². The second-order valence-electron chi connectivity index (χ2n) is 9.04. The van der Waals surface area contributed by atoms with Crippen LogP contribution in [0.15, 0.2) is 42.5 Å². The SMILES string of the molecule is CO[C@@H](CCc1ccccc1)CC[C@@H]1[C@@H](C/C=C\CCCC(C)=O)[C@@H](OC(C)=O)C[C@H]1O. The number of benzene rings is 1. The summed E-state index contributed by atoms with van der Waals surface area (Å²) in [6.07, 6.45) is 10.8. The molecule has 178 valence electrons. The number of esters is 1. The number of rotatable bonds is 14. The monoisotopic (exact) mass is 444 g/mol. The Kier molecular flexibility index (Phi) is 11.7. The number of unbranched alkanes of at least 4 members (excludes halogenated alkanes) is 1. The molecule has 0 spiro atoms. The number of carbonyl (C=O) groups is 2. The van der Waals surface area contributed by atoms with Gasteiger partial charge in [-0.2, -0.15) is 0 Å². The molecule has 1 aliphatic carbocycles. The van der Waals surface area contributed by atoms with Crippen LogP contribution in [0.4, 0.5) is 0 Å². The highest BCUT2D eigenvalue weighted by atomic mass is 16.5. The predicted octanol–water partition coefficient (Wildman–Crippen LogP) is 5.05. The van der Waals surface area contributed by atoms with Crippen molar-refractivity contribution in [2.45, 2.75) is 89.9 Å². The fraction of sp³-hybridized carbons (Fsp3) is 0.630. The number of aryl methyl sites for hydroxylation is 1. The van der Waals surface area contributed by atoms with E-state index >= 15 is 0 Å². The normalized spacial score (nSPS) is 24.0. The molecule has 1 saturated carbocycles. The molecule has 0 amide bonds. The molecule has 1 aliphatic rings. The molecule has 0 unspecified atom stereocenters. The fourth-order valence-electron chi connectivity index (χ4n) is 4.80. The van der Waals surface area contributed by atoms with E-state index in [1.165, 1.54) is 12.5 Å². The lowest BCUT2D eigenvalue weighted by atomic mass is 9.85. The van der Waals surface area contributed by atoms with Gasteiger partial charge in [-0.25, -0.2) is 0 Å². The van der Waals surface area contributed by atoms with Gasteiger partial charge in [0.25, 0.3) is 0 Å². The fourth-order valence-corrected chi connectivity index (χ4v) is 4.80. The van der Waals surface area contributed by atoms with Crippen molar-refractivity contribution in [2.75, 3.05) is 7.11 Å². The average Bonchev–Trinajstić information content (AvgIpc) is 3.04. The van der Waals surface area contributed by atoms with Gasteiger partial charge in [0.05, 0.1) is 12.2 Å². The standard InChI is InChI=1S/C27H40O5/c1-20(28)11-7-4-5-10-14-25-24(26(30)19-27(25)32-21(2)29)18-17-23(31-3)16-15-22-12-8-6-9-13-22/h5-6,8-10,12-13,23-27,30H,4,7,11,14-19H2,1-3H3/b10-5-/t23-,24+,25+,26+,27-/m0/s1. The number of ether oxygens (including phenoxy) is 2. The summed E-state index contributed by atoms with van der Waals surface area (Å²) in [4.78, 5) is 22.7. The summed E-state index contributed by atoms with van der Waals surface area (Å²) in [5.74, 6) is 0.100. The molecule has 1 aromatic rings. The Balaban J connectivity index is 1.91. The van der Waals surface area contributed by atoms with Gasteiger partial charge in [0, 0.05) is 32.8 Å². The minimum absolute atomic E-state index is 0.0793. The molecular weight excluding hydrogens is 404 g/mol. The van der Waals surface area contributed by atoms with E-state index in [1.807, 2.05) is 6.07 Å². The summed E-state index contributed by atoms with van der Waals surface area (Å²) < 4.78 is 11.3.